The summed E-state index contributed by atoms with van der Waals surface area (Å²) in [5.41, 5.74) is 2.14. The maximum Gasteiger partial charge on any atom is 0.256 e. The quantitative estimate of drug-likeness (QED) is 0.360. The zero-order valence-electron chi connectivity index (χ0n) is 18.0. The highest BCUT2D eigenvalue weighted by molar-refractivity contribution is 7.89. The molecule has 34 heavy (non-hydrogen) atoms. The summed E-state index contributed by atoms with van der Waals surface area (Å²) in [6.07, 6.45) is 1.69. The highest BCUT2D eigenvalue weighted by atomic mass is 32.2. The van der Waals surface area contributed by atoms with Gasteiger partial charge in [-0.2, -0.15) is 13.1 Å². The molecule has 0 atom stereocenters. The van der Waals surface area contributed by atoms with Crippen LogP contribution in [0.3, 0.4) is 0 Å². The lowest BCUT2D eigenvalue weighted by Crippen LogP contribution is -2.50. The molecule has 10 heteroatoms. The molecule has 8 nitrogen and oxygen atoms in total. The van der Waals surface area contributed by atoms with Crippen molar-refractivity contribution in [3.63, 3.8) is 0 Å². The van der Waals surface area contributed by atoms with E-state index in [0.717, 1.165) is 27.9 Å². The minimum absolute atomic E-state index is 0.141. The zero-order chi connectivity index (χ0) is 23.3. The van der Waals surface area contributed by atoms with Crippen LogP contribution in [0.1, 0.15) is 10.4 Å². The van der Waals surface area contributed by atoms with Crippen molar-refractivity contribution >= 4 is 60.4 Å². The second kappa shape index (κ2) is 8.08. The molecule has 3 heterocycles. The van der Waals surface area contributed by atoms with E-state index in [-0.39, 0.29) is 23.9 Å². The van der Waals surface area contributed by atoms with E-state index in [1.807, 2.05) is 42.5 Å². The fourth-order valence-corrected chi connectivity index (χ4v) is 6.70. The van der Waals surface area contributed by atoms with E-state index in [1.54, 1.807) is 29.3 Å². The van der Waals surface area contributed by atoms with E-state index < -0.39 is 10.0 Å². The Morgan fingerprint density at radius 2 is 1.65 bits per heavy atom. The number of hydrogen-bond acceptors (Lipinski definition) is 7. The summed E-state index contributed by atoms with van der Waals surface area (Å²) in [7, 11) is -3.75. The predicted molar refractivity (Wildman–Crippen MR) is 131 cm³/mol. The molecule has 0 saturated carbocycles. The average Bonchev–Trinajstić information content (AvgIpc) is 3.37. The number of benzene rings is 3. The molecule has 0 N–H and O–H groups in total. The first-order valence-corrected chi connectivity index (χ1v) is 13.0. The highest BCUT2D eigenvalue weighted by Gasteiger charge is 2.32. The molecule has 0 unspecified atom stereocenters. The van der Waals surface area contributed by atoms with Crippen LogP contribution in [-0.4, -0.2) is 63.4 Å². The number of pyridine rings is 1. The minimum Gasteiger partial charge on any atom is -0.336 e. The van der Waals surface area contributed by atoms with Crippen molar-refractivity contribution < 1.29 is 13.2 Å². The number of aromatic nitrogens is 3. The molecule has 3 aromatic carbocycles. The number of carbonyl (C=O) groups is 1. The van der Waals surface area contributed by atoms with E-state index in [0.29, 0.717) is 35.2 Å². The van der Waals surface area contributed by atoms with Crippen molar-refractivity contribution in [3.8, 4) is 0 Å². The molecular weight excluding hydrogens is 470 g/mol. The van der Waals surface area contributed by atoms with Gasteiger partial charge in [-0.3, -0.25) is 9.78 Å². The predicted octanol–water partition coefficient (Wildman–Crippen LogP) is 3.54. The van der Waals surface area contributed by atoms with Crippen molar-refractivity contribution in [3.05, 3.63) is 72.4 Å². The Morgan fingerprint density at radius 3 is 2.50 bits per heavy atom. The fraction of sp³-hybridized carbons (Fsp3) is 0.167. The third-order valence-electron chi connectivity index (χ3n) is 6.24. The van der Waals surface area contributed by atoms with Crippen molar-refractivity contribution in [2.45, 2.75) is 4.90 Å². The molecule has 6 rings (SSSR count). The Kier molecular flexibility index (Phi) is 5.01. The standard InChI is InChI=1S/C24H19N5O3S2/c30-24(19-15-16-5-1-2-6-17(16)18-7-4-10-25-22(18)19)28-11-13-29(14-12-28)34(31,32)21-9-3-8-20-23(21)27-33-26-20/h1-10,15H,11-14H2. The first-order chi connectivity index (χ1) is 16.5. The second-order valence-corrected chi connectivity index (χ2v) is 10.6. The van der Waals surface area contributed by atoms with Gasteiger partial charge in [0.25, 0.3) is 5.91 Å². The molecule has 2 aromatic heterocycles. The van der Waals surface area contributed by atoms with E-state index in [9.17, 15) is 13.2 Å². The number of fused-ring (bicyclic) bond motifs is 4. The van der Waals surface area contributed by atoms with Crippen LogP contribution in [0, 0.1) is 0 Å². The lowest BCUT2D eigenvalue weighted by molar-refractivity contribution is 0.0700. The monoisotopic (exact) mass is 489 g/mol. The fourth-order valence-electron chi connectivity index (χ4n) is 4.52. The van der Waals surface area contributed by atoms with Gasteiger partial charge in [0.05, 0.1) is 22.8 Å². The van der Waals surface area contributed by atoms with Crippen LogP contribution in [0.5, 0.6) is 0 Å². The van der Waals surface area contributed by atoms with Crippen molar-refractivity contribution in [1.29, 1.82) is 0 Å². The van der Waals surface area contributed by atoms with Gasteiger partial charge in [-0.1, -0.05) is 36.4 Å². The summed E-state index contributed by atoms with van der Waals surface area (Å²) in [4.78, 5) is 19.9. The Balaban J connectivity index is 1.29. The molecule has 0 aliphatic carbocycles. The van der Waals surface area contributed by atoms with Gasteiger partial charge in [0.2, 0.25) is 10.0 Å². The van der Waals surface area contributed by atoms with Crippen LogP contribution >= 0.6 is 11.7 Å². The Labute approximate surface area is 199 Å². The van der Waals surface area contributed by atoms with E-state index >= 15 is 0 Å². The topological polar surface area (TPSA) is 96.4 Å². The van der Waals surface area contributed by atoms with Gasteiger partial charge < -0.3 is 4.90 Å². The largest absolute Gasteiger partial charge is 0.336 e. The molecule has 0 spiro atoms. The molecule has 1 saturated heterocycles. The Hall–Kier alpha value is -3.47. The smallest absolute Gasteiger partial charge is 0.256 e. The summed E-state index contributed by atoms with van der Waals surface area (Å²) in [5, 5.41) is 2.94. The number of sulfonamides is 1. The molecule has 5 aromatic rings. The van der Waals surface area contributed by atoms with Crippen molar-refractivity contribution in [2.24, 2.45) is 0 Å². The first kappa shape index (κ1) is 21.1. The van der Waals surface area contributed by atoms with Gasteiger partial charge in [-0.15, -0.1) is 0 Å². The minimum atomic E-state index is -3.75. The number of nitrogens with zero attached hydrogens (tertiary/aromatic N) is 5. The number of piperazine rings is 1. The summed E-state index contributed by atoms with van der Waals surface area (Å²) >= 11 is 0.992. The van der Waals surface area contributed by atoms with Gasteiger partial charge in [0.1, 0.15) is 15.9 Å². The van der Waals surface area contributed by atoms with Crippen LogP contribution in [0.25, 0.3) is 32.7 Å². The van der Waals surface area contributed by atoms with Crippen LogP contribution in [0.4, 0.5) is 0 Å². The molecule has 1 aliphatic rings. The number of amides is 1. The third-order valence-corrected chi connectivity index (χ3v) is 8.71. The molecule has 170 valence electrons. The van der Waals surface area contributed by atoms with Gasteiger partial charge in [0, 0.05) is 37.8 Å². The van der Waals surface area contributed by atoms with Crippen LogP contribution in [0.15, 0.2) is 71.8 Å². The highest BCUT2D eigenvalue weighted by Crippen LogP contribution is 2.29. The average molecular weight is 490 g/mol. The van der Waals surface area contributed by atoms with Gasteiger partial charge in [-0.05, 0) is 35.0 Å². The Morgan fingerprint density at radius 1 is 0.853 bits per heavy atom. The molecule has 0 bridgehead atoms. The molecule has 1 fully saturated rings. The lowest BCUT2D eigenvalue weighted by atomic mass is 10.00. The maximum atomic E-state index is 13.5. The summed E-state index contributed by atoms with van der Waals surface area (Å²) in [6.45, 7) is 1.01. The van der Waals surface area contributed by atoms with Crippen molar-refractivity contribution in [1.82, 2.24) is 22.9 Å². The molecule has 1 aliphatic heterocycles. The summed E-state index contributed by atoms with van der Waals surface area (Å²) in [6, 6.07) is 18.6. The summed E-state index contributed by atoms with van der Waals surface area (Å²) in [5.74, 6) is -0.141. The lowest BCUT2D eigenvalue weighted by Gasteiger charge is -2.34. The molecule has 0 radical (unpaired) electrons. The van der Waals surface area contributed by atoms with Gasteiger partial charge >= 0.3 is 0 Å². The number of carbonyl (C=O) groups excluding carboxylic acids is 1. The first-order valence-electron chi connectivity index (χ1n) is 10.8. The number of rotatable bonds is 3. The van der Waals surface area contributed by atoms with Crippen LogP contribution < -0.4 is 0 Å². The number of hydrogen-bond donors (Lipinski definition) is 0. The van der Waals surface area contributed by atoms with Crippen LogP contribution in [0.2, 0.25) is 0 Å². The second-order valence-electron chi connectivity index (χ2n) is 8.13. The summed E-state index contributed by atoms with van der Waals surface area (Å²) < 4.78 is 36.4. The zero-order valence-corrected chi connectivity index (χ0v) is 19.6. The van der Waals surface area contributed by atoms with E-state index in [1.165, 1.54) is 4.31 Å². The molecular formula is C24H19N5O3S2. The third kappa shape index (κ3) is 3.33. The van der Waals surface area contributed by atoms with Gasteiger partial charge in [0.15, 0.2) is 0 Å². The van der Waals surface area contributed by atoms with Crippen molar-refractivity contribution in [2.75, 3.05) is 26.2 Å². The van der Waals surface area contributed by atoms with Crippen LogP contribution in [-0.2, 0) is 10.0 Å². The normalized spacial score (nSPS) is 15.4. The molecule has 1 amide bonds. The SMILES string of the molecule is O=C(c1cc2ccccc2c2cccnc12)N1CCN(S(=O)(=O)c2cccc3nsnc23)CC1. The maximum absolute atomic E-state index is 13.5. The van der Waals surface area contributed by atoms with E-state index in [2.05, 4.69) is 13.7 Å². The Bertz CT molecular complexity index is 1670. The van der Waals surface area contributed by atoms with E-state index in [4.69, 9.17) is 0 Å². The van der Waals surface area contributed by atoms with Gasteiger partial charge in [-0.25, -0.2) is 8.42 Å².